The van der Waals surface area contributed by atoms with Crippen LogP contribution in [0.25, 0.3) is 0 Å². The zero-order chi connectivity index (χ0) is 18.4. The van der Waals surface area contributed by atoms with Crippen LogP contribution in [0.5, 0.6) is 0 Å². The number of benzene rings is 1. The molecule has 1 unspecified atom stereocenters. The zero-order valence-electron chi connectivity index (χ0n) is 14.6. The number of rotatable bonds is 9. The number of nitrogens with zero attached hydrogens (tertiary/aromatic N) is 4. The first-order valence-electron chi connectivity index (χ1n) is 8.66. The highest BCUT2D eigenvalue weighted by Gasteiger charge is 2.29. The zero-order valence-corrected chi connectivity index (χ0v) is 15.4. The number of tetrazole rings is 1. The number of aromatic nitrogens is 4. The Bertz CT molecular complexity index is 747. The van der Waals surface area contributed by atoms with Gasteiger partial charge in [-0.25, -0.2) is 4.68 Å². The minimum Gasteiger partial charge on any atom is -0.354 e. The van der Waals surface area contributed by atoms with E-state index in [2.05, 4.69) is 26.2 Å². The molecule has 2 amide bonds. The molecular formula is C17H22N6O2S. The highest BCUT2D eigenvalue weighted by atomic mass is 32.2. The third kappa shape index (κ3) is 5.29. The van der Waals surface area contributed by atoms with Crippen molar-refractivity contribution in [1.82, 2.24) is 30.8 Å². The Morgan fingerprint density at radius 1 is 1.23 bits per heavy atom. The lowest BCUT2D eigenvalue weighted by molar-refractivity contribution is -0.122. The number of thioether (sulfide) groups is 1. The van der Waals surface area contributed by atoms with Crippen molar-refractivity contribution in [2.45, 2.75) is 42.6 Å². The standard InChI is InChI=1S/C17H22N6O2S/c1-12(26-17-20-21-22-23(17)14-7-8-14)16(25)19-10-9-18-15(24)11-13-5-3-2-4-6-13/h2-6,12,14H,7-11H2,1H3,(H,18,24)(H,19,25). The molecule has 1 aromatic heterocycles. The second-order valence-corrected chi connectivity index (χ2v) is 7.51. The normalized spacial score (nSPS) is 14.7. The molecule has 0 saturated heterocycles. The Kier molecular flexibility index (Phi) is 6.21. The maximum atomic E-state index is 12.2. The molecule has 2 aromatic rings. The van der Waals surface area contributed by atoms with Gasteiger partial charge in [-0.1, -0.05) is 42.1 Å². The van der Waals surface area contributed by atoms with Crippen LogP contribution in [-0.4, -0.2) is 50.4 Å². The summed E-state index contributed by atoms with van der Waals surface area (Å²) in [7, 11) is 0. The second-order valence-electron chi connectivity index (χ2n) is 6.20. The van der Waals surface area contributed by atoms with Gasteiger partial charge in [0.25, 0.3) is 0 Å². The van der Waals surface area contributed by atoms with Gasteiger partial charge >= 0.3 is 0 Å². The summed E-state index contributed by atoms with van der Waals surface area (Å²) in [5, 5.41) is 17.6. The number of carbonyl (C=O) groups excluding carboxylic acids is 2. The first-order chi connectivity index (χ1) is 12.6. The maximum absolute atomic E-state index is 12.2. The Balaban J connectivity index is 1.34. The van der Waals surface area contributed by atoms with E-state index >= 15 is 0 Å². The Morgan fingerprint density at radius 2 is 1.96 bits per heavy atom. The third-order valence-electron chi connectivity index (χ3n) is 3.96. The topological polar surface area (TPSA) is 102 Å². The van der Waals surface area contributed by atoms with Crippen LogP contribution < -0.4 is 10.6 Å². The quantitative estimate of drug-likeness (QED) is 0.501. The molecule has 1 aromatic carbocycles. The smallest absolute Gasteiger partial charge is 0.233 e. The molecule has 8 nitrogen and oxygen atoms in total. The Labute approximate surface area is 156 Å². The van der Waals surface area contributed by atoms with Crippen LogP contribution in [0.4, 0.5) is 0 Å². The minimum atomic E-state index is -0.307. The van der Waals surface area contributed by atoms with Crippen molar-refractivity contribution in [2.75, 3.05) is 13.1 Å². The molecule has 3 rings (SSSR count). The van der Waals surface area contributed by atoms with Crippen molar-refractivity contribution < 1.29 is 9.59 Å². The summed E-state index contributed by atoms with van der Waals surface area (Å²) in [5.74, 6) is -0.158. The van der Waals surface area contributed by atoms with Crippen LogP contribution in [0.1, 0.15) is 31.4 Å². The Morgan fingerprint density at radius 3 is 2.69 bits per heavy atom. The van der Waals surface area contributed by atoms with Gasteiger partial charge in [0.2, 0.25) is 17.0 Å². The van der Waals surface area contributed by atoms with Gasteiger partial charge in [0, 0.05) is 13.1 Å². The summed E-state index contributed by atoms with van der Waals surface area (Å²) in [6.45, 7) is 2.60. The Hall–Kier alpha value is -2.42. The molecule has 0 bridgehead atoms. The largest absolute Gasteiger partial charge is 0.354 e. The summed E-state index contributed by atoms with van der Waals surface area (Å²) in [6.07, 6.45) is 2.51. The number of hydrogen-bond acceptors (Lipinski definition) is 6. The summed E-state index contributed by atoms with van der Waals surface area (Å²) < 4.78 is 1.79. The van der Waals surface area contributed by atoms with E-state index in [0.717, 1.165) is 18.4 Å². The lowest BCUT2D eigenvalue weighted by atomic mass is 10.1. The predicted octanol–water partition coefficient (Wildman–Crippen LogP) is 0.964. The SMILES string of the molecule is CC(Sc1nnnn1C1CC1)C(=O)NCCNC(=O)Cc1ccccc1. The van der Waals surface area contributed by atoms with Crippen LogP contribution in [0, 0.1) is 0 Å². The van der Waals surface area contributed by atoms with Crippen molar-refractivity contribution in [3.63, 3.8) is 0 Å². The van der Waals surface area contributed by atoms with E-state index in [9.17, 15) is 9.59 Å². The van der Waals surface area contributed by atoms with Gasteiger partial charge in [0.05, 0.1) is 17.7 Å². The summed E-state index contributed by atoms with van der Waals surface area (Å²) in [6, 6.07) is 9.93. The van der Waals surface area contributed by atoms with Gasteiger partial charge in [-0.15, -0.1) is 5.10 Å². The van der Waals surface area contributed by atoms with Gasteiger partial charge in [0.15, 0.2) is 0 Å². The first kappa shape index (κ1) is 18.4. The first-order valence-corrected chi connectivity index (χ1v) is 9.54. The number of amides is 2. The van der Waals surface area contributed by atoms with E-state index < -0.39 is 0 Å². The number of carbonyl (C=O) groups is 2. The number of hydrogen-bond donors (Lipinski definition) is 2. The fraction of sp³-hybridized carbons (Fsp3) is 0.471. The molecule has 1 aliphatic rings. The summed E-state index contributed by atoms with van der Waals surface area (Å²) in [5.41, 5.74) is 0.965. The van der Waals surface area contributed by atoms with Crippen molar-refractivity contribution in [2.24, 2.45) is 0 Å². The molecule has 0 radical (unpaired) electrons. The van der Waals surface area contributed by atoms with Crippen molar-refractivity contribution in [3.8, 4) is 0 Å². The molecule has 0 aliphatic heterocycles. The van der Waals surface area contributed by atoms with Crippen molar-refractivity contribution >= 4 is 23.6 Å². The fourth-order valence-corrected chi connectivity index (χ4v) is 3.28. The molecule has 9 heteroatoms. The number of nitrogens with one attached hydrogen (secondary N) is 2. The molecule has 1 atom stereocenters. The van der Waals surface area contributed by atoms with Crippen LogP contribution in [-0.2, 0) is 16.0 Å². The van der Waals surface area contributed by atoms with Gasteiger partial charge in [-0.05, 0) is 35.8 Å². The van der Waals surface area contributed by atoms with E-state index in [1.165, 1.54) is 11.8 Å². The molecule has 138 valence electrons. The average Bonchev–Trinajstić information content (AvgIpc) is 3.38. The van der Waals surface area contributed by atoms with Crippen LogP contribution in [0.3, 0.4) is 0 Å². The van der Waals surface area contributed by atoms with Crippen molar-refractivity contribution in [1.29, 1.82) is 0 Å². The minimum absolute atomic E-state index is 0.0588. The van der Waals surface area contributed by atoms with E-state index in [4.69, 9.17) is 0 Å². The van der Waals surface area contributed by atoms with E-state index in [-0.39, 0.29) is 17.1 Å². The summed E-state index contributed by atoms with van der Waals surface area (Å²) >= 11 is 1.35. The van der Waals surface area contributed by atoms with Crippen LogP contribution in [0.2, 0.25) is 0 Å². The van der Waals surface area contributed by atoms with Crippen LogP contribution in [0.15, 0.2) is 35.5 Å². The molecule has 1 heterocycles. The monoisotopic (exact) mass is 374 g/mol. The second kappa shape index (κ2) is 8.79. The van der Waals surface area contributed by atoms with Crippen LogP contribution >= 0.6 is 11.8 Å². The van der Waals surface area contributed by atoms with E-state index in [1.807, 2.05) is 37.3 Å². The molecule has 2 N–H and O–H groups in total. The molecule has 1 aliphatic carbocycles. The van der Waals surface area contributed by atoms with Crippen molar-refractivity contribution in [3.05, 3.63) is 35.9 Å². The van der Waals surface area contributed by atoms with Gasteiger partial charge in [0.1, 0.15) is 0 Å². The maximum Gasteiger partial charge on any atom is 0.233 e. The van der Waals surface area contributed by atoms with E-state index in [0.29, 0.717) is 30.7 Å². The predicted molar refractivity (Wildman–Crippen MR) is 97.6 cm³/mol. The lowest BCUT2D eigenvalue weighted by Gasteiger charge is -2.12. The third-order valence-corrected chi connectivity index (χ3v) is 5.01. The van der Waals surface area contributed by atoms with E-state index in [1.54, 1.807) is 4.68 Å². The fourth-order valence-electron chi connectivity index (χ4n) is 2.40. The molecule has 0 spiro atoms. The van der Waals surface area contributed by atoms with Gasteiger partial charge < -0.3 is 10.6 Å². The highest BCUT2D eigenvalue weighted by Crippen LogP contribution is 2.37. The molecule has 1 fully saturated rings. The van der Waals surface area contributed by atoms with Gasteiger partial charge in [-0.3, -0.25) is 9.59 Å². The molecule has 26 heavy (non-hydrogen) atoms. The summed E-state index contributed by atoms with van der Waals surface area (Å²) in [4.78, 5) is 24.0. The highest BCUT2D eigenvalue weighted by molar-refractivity contribution is 8.00. The lowest BCUT2D eigenvalue weighted by Crippen LogP contribution is -2.38. The molecule has 1 saturated carbocycles. The molecular weight excluding hydrogens is 352 g/mol. The van der Waals surface area contributed by atoms with Gasteiger partial charge in [-0.2, -0.15) is 0 Å². The average molecular weight is 374 g/mol.